The second kappa shape index (κ2) is 4.49. The van der Waals surface area contributed by atoms with E-state index in [-0.39, 0.29) is 12.8 Å². The maximum atomic E-state index is 12.2. The number of hydrogen-bond acceptors (Lipinski definition) is 3. The highest BCUT2D eigenvalue weighted by Gasteiger charge is 2.51. The molecule has 6 nitrogen and oxygen atoms in total. The van der Waals surface area contributed by atoms with Gasteiger partial charge in [-0.2, -0.15) is 0 Å². The first-order chi connectivity index (χ1) is 9.50. The smallest absolute Gasteiger partial charge is 0.329 e. The van der Waals surface area contributed by atoms with E-state index in [9.17, 15) is 19.8 Å². The molecule has 106 valence electrons. The molecule has 1 saturated carbocycles. The van der Waals surface area contributed by atoms with Crippen molar-refractivity contribution in [2.75, 3.05) is 0 Å². The minimum Gasteiger partial charge on any atom is -0.480 e. The van der Waals surface area contributed by atoms with Gasteiger partial charge in [-0.1, -0.05) is 24.3 Å². The fourth-order valence-corrected chi connectivity index (χ4v) is 2.84. The molecule has 0 spiro atoms. The van der Waals surface area contributed by atoms with E-state index in [1.165, 1.54) is 0 Å². The first-order valence-electron chi connectivity index (χ1n) is 6.55. The summed E-state index contributed by atoms with van der Waals surface area (Å²) in [6.45, 7) is 0.973. The van der Waals surface area contributed by atoms with Crippen molar-refractivity contribution in [2.24, 2.45) is 0 Å². The number of benzene rings is 1. The fraction of sp³-hybridized carbons (Fsp3) is 0.429. The number of fused-ring (bicyclic) bond motifs is 1. The number of rotatable bonds is 2. The molecule has 1 aromatic rings. The van der Waals surface area contributed by atoms with Gasteiger partial charge >= 0.3 is 12.0 Å². The number of carbonyl (C=O) groups excluding carboxylic acids is 1. The molecule has 1 fully saturated rings. The van der Waals surface area contributed by atoms with Gasteiger partial charge in [0.1, 0.15) is 5.54 Å². The molecule has 0 atom stereocenters. The summed E-state index contributed by atoms with van der Waals surface area (Å²) in [7, 11) is 0. The van der Waals surface area contributed by atoms with Gasteiger partial charge in [-0.05, 0) is 11.1 Å². The van der Waals surface area contributed by atoms with Crippen LogP contribution in [0.1, 0.15) is 24.0 Å². The highest BCUT2D eigenvalue weighted by molar-refractivity contribution is 5.87. The number of urea groups is 1. The van der Waals surface area contributed by atoms with Crippen molar-refractivity contribution in [1.82, 2.24) is 10.2 Å². The van der Waals surface area contributed by atoms with E-state index in [2.05, 4.69) is 5.32 Å². The van der Waals surface area contributed by atoms with Crippen LogP contribution >= 0.6 is 0 Å². The molecule has 0 unspecified atom stereocenters. The number of carboxylic acid groups (broad SMARTS) is 1. The van der Waals surface area contributed by atoms with Gasteiger partial charge in [0, 0.05) is 25.9 Å². The lowest BCUT2D eigenvalue weighted by Crippen LogP contribution is -2.65. The Labute approximate surface area is 116 Å². The summed E-state index contributed by atoms with van der Waals surface area (Å²) >= 11 is 0. The molecule has 3 N–H and O–H groups in total. The predicted octanol–water partition coefficient (Wildman–Crippen LogP) is 0.690. The SMILES string of the molecule is O=C(NC1(C(=O)O)CC(O)C1)N1Cc2ccccc2C1. The molecule has 0 aromatic heterocycles. The second-order valence-electron chi connectivity index (χ2n) is 5.50. The average molecular weight is 276 g/mol. The molecule has 2 amide bonds. The van der Waals surface area contributed by atoms with E-state index >= 15 is 0 Å². The standard InChI is InChI=1S/C14H16N2O4/c17-11-5-14(6-11,12(18)19)15-13(20)16-7-9-3-1-2-4-10(9)8-16/h1-4,11,17H,5-8H2,(H,15,20)(H,18,19). The summed E-state index contributed by atoms with van der Waals surface area (Å²) < 4.78 is 0. The molecule has 0 radical (unpaired) electrons. The number of nitrogens with one attached hydrogen (secondary N) is 1. The molecule has 20 heavy (non-hydrogen) atoms. The summed E-state index contributed by atoms with van der Waals surface area (Å²) in [5, 5.41) is 21.1. The number of aliphatic hydroxyl groups excluding tert-OH is 1. The van der Waals surface area contributed by atoms with E-state index < -0.39 is 23.6 Å². The van der Waals surface area contributed by atoms with E-state index in [1.54, 1.807) is 4.90 Å². The molecule has 1 heterocycles. The van der Waals surface area contributed by atoms with E-state index in [0.717, 1.165) is 11.1 Å². The van der Waals surface area contributed by atoms with Gasteiger partial charge in [0.2, 0.25) is 0 Å². The van der Waals surface area contributed by atoms with Crippen molar-refractivity contribution in [3.05, 3.63) is 35.4 Å². The summed E-state index contributed by atoms with van der Waals surface area (Å²) in [5.74, 6) is -1.09. The van der Waals surface area contributed by atoms with Crippen LogP contribution in [0.4, 0.5) is 4.79 Å². The van der Waals surface area contributed by atoms with Crippen molar-refractivity contribution >= 4 is 12.0 Å². The molecule has 0 bridgehead atoms. The Morgan fingerprint density at radius 2 is 1.75 bits per heavy atom. The minimum atomic E-state index is -1.31. The van der Waals surface area contributed by atoms with Gasteiger partial charge in [-0.3, -0.25) is 0 Å². The van der Waals surface area contributed by atoms with Crippen LogP contribution in [-0.2, 0) is 17.9 Å². The molecule has 1 aliphatic carbocycles. The monoisotopic (exact) mass is 276 g/mol. The normalized spacial score (nSPS) is 27.6. The molecule has 3 rings (SSSR count). The topological polar surface area (TPSA) is 89.9 Å². The van der Waals surface area contributed by atoms with Gasteiger partial charge in [0.05, 0.1) is 6.10 Å². The van der Waals surface area contributed by atoms with Crippen molar-refractivity contribution in [1.29, 1.82) is 0 Å². The molecular formula is C14H16N2O4. The van der Waals surface area contributed by atoms with Crippen molar-refractivity contribution < 1.29 is 19.8 Å². The van der Waals surface area contributed by atoms with Crippen LogP contribution in [-0.4, -0.2) is 38.8 Å². The van der Waals surface area contributed by atoms with E-state index in [1.807, 2.05) is 24.3 Å². The van der Waals surface area contributed by atoms with Gasteiger partial charge in [0.25, 0.3) is 0 Å². The van der Waals surface area contributed by atoms with Crippen molar-refractivity contribution in [2.45, 2.75) is 37.6 Å². The predicted molar refractivity (Wildman–Crippen MR) is 69.8 cm³/mol. The zero-order chi connectivity index (χ0) is 14.3. The Balaban J connectivity index is 1.68. The summed E-state index contributed by atoms with van der Waals surface area (Å²) in [6, 6.07) is 7.36. The molecule has 0 saturated heterocycles. The maximum Gasteiger partial charge on any atom is 0.329 e. The van der Waals surface area contributed by atoms with E-state index in [0.29, 0.717) is 13.1 Å². The fourth-order valence-electron chi connectivity index (χ4n) is 2.84. The zero-order valence-corrected chi connectivity index (χ0v) is 10.9. The van der Waals surface area contributed by atoms with Crippen LogP contribution in [0.15, 0.2) is 24.3 Å². The lowest BCUT2D eigenvalue weighted by molar-refractivity contribution is -0.153. The van der Waals surface area contributed by atoms with Crippen LogP contribution < -0.4 is 5.32 Å². The number of aliphatic carboxylic acids is 1. The van der Waals surface area contributed by atoms with Crippen LogP contribution in [0.2, 0.25) is 0 Å². The number of hydrogen-bond donors (Lipinski definition) is 3. The van der Waals surface area contributed by atoms with Gasteiger partial charge in [-0.25, -0.2) is 9.59 Å². The summed E-state index contributed by atoms with van der Waals surface area (Å²) in [4.78, 5) is 25.1. The Morgan fingerprint density at radius 1 is 1.20 bits per heavy atom. The summed E-state index contributed by atoms with van der Waals surface area (Å²) in [6.07, 6.45) is -0.522. The van der Waals surface area contributed by atoms with E-state index in [4.69, 9.17) is 0 Å². The average Bonchev–Trinajstić information content (AvgIpc) is 2.80. The Kier molecular flexibility index (Phi) is 2.90. The lowest BCUT2D eigenvalue weighted by Gasteiger charge is -2.42. The van der Waals surface area contributed by atoms with Gasteiger partial charge in [-0.15, -0.1) is 0 Å². The molecule has 2 aliphatic rings. The maximum absolute atomic E-state index is 12.2. The first kappa shape index (κ1) is 12.9. The van der Waals surface area contributed by atoms with Crippen molar-refractivity contribution in [3.8, 4) is 0 Å². The molecule has 1 aliphatic heterocycles. The second-order valence-corrected chi connectivity index (χ2v) is 5.50. The van der Waals surface area contributed by atoms with Gasteiger partial charge in [0.15, 0.2) is 0 Å². The molecule has 6 heteroatoms. The Hall–Kier alpha value is -2.08. The van der Waals surface area contributed by atoms with Crippen LogP contribution in [0, 0.1) is 0 Å². The molecular weight excluding hydrogens is 260 g/mol. The highest BCUT2D eigenvalue weighted by atomic mass is 16.4. The Bertz CT molecular complexity index is 541. The Morgan fingerprint density at radius 3 is 2.20 bits per heavy atom. The zero-order valence-electron chi connectivity index (χ0n) is 10.9. The number of carboxylic acids is 1. The third-order valence-corrected chi connectivity index (χ3v) is 4.05. The largest absolute Gasteiger partial charge is 0.480 e. The lowest BCUT2D eigenvalue weighted by atomic mass is 9.74. The quantitative estimate of drug-likeness (QED) is 0.741. The van der Waals surface area contributed by atoms with Crippen molar-refractivity contribution in [3.63, 3.8) is 0 Å². The summed E-state index contributed by atoms with van der Waals surface area (Å²) in [5.41, 5.74) is 0.854. The molecule has 1 aromatic carbocycles. The third kappa shape index (κ3) is 2.02. The number of carbonyl (C=O) groups is 2. The van der Waals surface area contributed by atoms with Crippen LogP contribution in [0.3, 0.4) is 0 Å². The van der Waals surface area contributed by atoms with Crippen LogP contribution in [0.25, 0.3) is 0 Å². The first-order valence-corrected chi connectivity index (χ1v) is 6.55. The van der Waals surface area contributed by atoms with Crippen LogP contribution in [0.5, 0.6) is 0 Å². The highest BCUT2D eigenvalue weighted by Crippen LogP contribution is 2.33. The van der Waals surface area contributed by atoms with Gasteiger partial charge < -0.3 is 20.4 Å². The number of aliphatic hydroxyl groups is 1. The minimum absolute atomic E-state index is 0.0643. The number of nitrogens with zero attached hydrogens (tertiary/aromatic N) is 1. The third-order valence-electron chi connectivity index (χ3n) is 4.05. The number of amides is 2.